The summed E-state index contributed by atoms with van der Waals surface area (Å²) in [6.45, 7) is 6.04. The average Bonchev–Trinajstić information content (AvgIpc) is 4.09. The number of hydrogen-bond donors (Lipinski definition) is 1. The Kier molecular flexibility index (Phi) is 15.2. The summed E-state index contributed by atoms with van der Waals surface area (Å²) in [6, 6.07) is 50.1. The van der Waals surface area contributed by atoms with Crippen molar-refractivity contribution in [3.05, 3.63) is 206 Å². The molecule has 6 aromatic rings. The van der Waals surface area contributed by atoms with E-state index in [9.17, 15) is 0 Å². The minimum Gasteiger partial charge on any atom is -0.684 e. The Labute approximate surface area is 343 Å². The van der Waals surface area contributed by atoms with Gasteiger partial charge < -0.3 is 31.9 Å². The van der Waals surface area contributed by atoms with E-state index in [1.165, 1.54) is 73.9 Å². The summed E-state index contributed by atoms with van der Waals surface area (Å²) in [5, 5.41) is 24.8. The van der Waals surface area contributed by atoms with Crippen LogP contribution in [0.15, 0.2) is 146 Å². The topological polar surface area (TPSA) is 82.5 Å². The first-order valence-electron chi connectivity index (χ1n) is 19.4. The molecule has 7 heteroatoms. The monoisotopic (exact) mass is 890 g/mol. The molecule has 6 heterocycles. The Morgan fingerprint density at radius 2 is 0.545 bits per heavy atom. The first-order chi connectivity index (χ1) is 26.8. The normalized spacial score (nSPS) is 14.4. The van der Waals surface area contributed by atoms with E-state index in [1.54, 1.807) is 0 Å². The molecule has 6 aromatic carbocycles. The summed E-state index contributed by atoms with van der Waals surface area (Å²) < 4.78 is 0. The molecule has 6 nitrogen and oxygen atoms in total. The predicted octanol–water partition coefficient (Wildman–Crippen LogP) is 12.9. The Morgan fingerprint density at radius 1 is 0.291 bits per heavy atom. The maximum atomic E-state index is 4.30. The van der Waals surface area contributed by atoms with Gasteiger partial charge in [-0.2, -0.15) is 0 Å². The van der Waals surface area contributed by atoms with Crippen LogP contribution >= 0.6 is 0 Å². The molecule has 0 saturated carbocycles. The molecular formula is C48H49N6Ta. The van der Waals surface area contributed by atoms with Crippen LogP contribution in [-0.4, -0.2) is 39.3 Å². The van der Waals surface area contributed by atoms with E-state index in [2.05, 4.69) is 147 Å². The van der Waals surface area contributed by atoms with Gasteiger partial charge in [-0.25, -0.2) is 0 Å². The van der Waals surface area contributed by atoms with Gasteiger partial charge in [-0.15, -0.1) is 61.2 Å². The molecule has 12 rings (SSSR count). The molecule has 0 spiro atoms. The molecule has 0 radical (unpaired) electrons. The zero-order chi connectivity index (χ0) is 36.6. The van der Waals surface area contributed by atoms with E-state index in [1.807, 2.05) is 30.3 Å². The minimum absolute atomic E-state index is 0. The van der Waals surface area contributed by atoms with Crippen LogP contribution < -0.4 is 5.32 Å². The third-order valence-corrected chi connectivity index (χ3v) is 10.0. The fourth-order valence-corrected chi connectivity index (χ4v) is 7.11. The fraction of sp³-hybridized carbons (Fsp3) is 0.250. The summed E-state index contributed by atoms with van der Waals surface area (Å²) in [6.07, 6.45) is 6.87. The second kappa shape index (κ2) is 21.1. The maximum Gasteiger partial charge on any atom is 5.00 e. The van der Waals surface area contributed by atoms with E-state index < -0.39 is 0 Å². The van der Waals surface area contributed by atoms with Gasteiger partial charge in [0.15, 0.2) is 0 Å². The second-order valence-electron chi connectivity index (χ2n) is 13.6. The number of anilines is 1. The maximum absolute atomic E-state index is 4.30. The molecule has 0 amide bonds. The van der Waals surface area contributed by atoms with Crippen LogP contribution in [0.1, 0.15) is 33.4 Å². The number of hydrogen-bond acceptors (Lipinski definition) is 1. The largest absolute Gasteiger partial charge is 5.00 e. The number of fused-ring (bicyclic) bond motifs is 6. The SMILES string of the molecule is [Ta+5].c1ccc2c(c1)CCN2.c1ccc2c(c1)CC[N-]2.c1ccc2c(c1)CC[N-]2.c1ccc2c(c1)CC[N-]2.c1ccc2c(c1)CC[N-]2.c1ccc2c(c1)CC[N-]2. The van der Waals surface area contributed by atoms with Gasteiger partial charge in [-0.3, -0.25) is 0 Å². The number of benzene rings is 6. The first-order valence-corrected chi connectivity index (χ1v) is 19.4. The molecule has 0 atom stereocenters. The Balaban J connectivity index is 0.000000112. The van der Waals surface area contributed by atoms with Crippen LogP contribution in [0.3, 0.4) is 0 Å². The second-order valence-corrected chi connectivity index (χ2v) is 13.6. The van der Waals surface area contributed by atoms with Crippen molar-refractivity contribution < 1.29 is 22.4 Å². The third kappa shape index (κ3) is 11.4. The van der Waals surface area contributed by atoms with Crippen LogP contribution in [-0.2, 0) is 60.9 Å². The zero-order valence-electron chi connectivity index (χ0n) is 31.5. The molecule has 0 saturated heterocycles. The van der Waals surface area contributed by atoms with Gasteiger partial charge >= 0.3 is 22.4 Å². The van der Waals surface area contributed by atoms with Crippen molar-refractivity contribution in [3.63, 3.8) is 0 Å². The van der Waals surface area contributed by atoms with Crippen molar-refractivity contribution >= 4 is 34.1 Å². The van der Waals surface area contributed by atoms with Gasteiger partial charge in [0.2, 0.25) is 0 Å². The molecular weight excluding hydrogens is 842 g/mol. The Hall–Kier alpha value is -5.14. The van der Waals surface area contributed by atoms with Gasteiger partial charge in [0, 0.05) is 12.2 Å². The van der Waals surface area contributed by atoms with Crippen LogP contribution in [0.2, 0.25) is 0 Å². The van der Waals surface area contributed by atoms with E-state index >= 15 is 0 Å². The molecule has 0 fully saturated rings. The van der Waals surface area contributed by atoms with Crippen LogP contribution in [0.5, 0.6) is 0 Å². The van der Waals surface area contributed by atoms with Crippen LogP contribution in [0.4, 0.5) is 34.1 Å². The summed E-state index contributed by atoms with van der Waals surface area (Å²) in [5.74, 6) is 0. The van der Waals surface area contributed by atoms with Gasteiger partial charge in [-0.05, 0) is 50.2 Å². The van der Waals surface area contributed by atoms with Crippen molar-refractivity contribution in [1.29, 1.82) is 0 Å². The Bertz CT molecular complexity index is 1560. The molecule has 1 N–H and O–H groups in total. The number of rotatable bonds is 0. The minimum atomic E-state index is 0. The fourth-order valence-electron chi connectivity index (χ4n) is 7.11. The molecule has 55 heavy (non-hydrogen) atoms. The van der Waals surface area contributed by atoms with Gasteiger partial charge in [-0.1, -0.05) is 167 Å². The number of nitrogens with zero attached hydrogens (tertiary/aromatic N) is 5. The van der Waals surface area contributed by atoms with Gasteiger partial charge in [0.1, 0.15) is 0 Å². The quantitative estimate of drug-likeness (QED) is 0.162. The third-order valence-electron chi connectivity index (χ3n) is 10.0. The molecule has 0 unspecified atom stereocenters. The van der Waals surface area contributed by atoms with E-state index in [-0.39, 0.29) is 22.4 Å². The van der Waals surface area contributed by atoms with E-state index in [4.69, 9.17) is 0 Å². The molecule has 0 aliphatic carbocycles. The standard InChI is InChI=1S/C8H9N.5C8H8N.Ta/c6*1-2-4-8-7(3-1)5-6-9-8;/h1-4,9H,5-6H2;5*1-4H,5-6H2;/q;5*-1;+5. The smallest absolute Gasteiger partial charge is 0.684 e. The van der Waals surface area contributed by atoms with Crippen molar-refractivity contribution in [2.24, 2.45) is 0 Å². The van der Waals surface area contributed by atoms with Crippen molar-refractivity contribution in [2.45, 2.75) is 38.5 Å². The summed E-state index contributed by atoms with van der Waals surface area (Å²) in [4.78, 5) is 0. The summed E-state index contributed by atoms with van der Waals surface area (Å²) >= 11 is 0. The van der Waals surface area contributed by atoms with Crippen molar-refractivity contribution in [3.8, 4) is 0 Å². The van der Waals surface area contributed by atoms with E-state index in [0.717, 1.165) is 71.4 Å². The summed E-state index contributed by atoms with van der Waals surface area (Å²) in [5.41, 5.74) is 15.7. The average molecular weight is 891 g/mol. The summed E-state index contributed by atoms with van der Waals surface area (Å²) in [7, 11) is 0. The molecule has 0 aromatic heterocycles. The van der Waals surface area contributed by atoms with Gasteiger partial charge in [0.05, 0.1) is 0 Å². The van der Waals surface area contributed by atoms with E-state index in [0.29, 0.717) is 0 Å². The molecule has 0 bridgehead atoms. The number of para-hydroxylation sites is 6. The zero-order valence-corrected chi connectivity index (χ0v) is 34.7. The molecule has 6 aliphatic heterocycles. The Morgan fingerprint density at radius 3 is 0.818 bits per heavy atom. The predicted molar refractivity (Wildman–Crippen MR) is 229 cm³/mol. The molecule has 6 aliphatic rings. The van der Waals surface area contributed by atoms with Crippen molar-refractivity contribution in [1.82, 2.24) is 0 Å². The van der Waals surface area contributed by atoms with Crippen LogP contribution in [0, 0.1) is 0 Å². The van der Waals surface area contributed by atoms with Gasteiger partial charge in [0.25, 0.3) is 0 Å². The molecule has 276 valence electrons. The first kappa shape index (κ1) is 39.6. The van der Waals surface area contributed by atoms with Crippen molar-refractivity contribution in [2.75, 3.05) is 44.6 Å². The number of nitrogens with one attached hydrogen (secondary N) is 1. The van der Waals surface area contributed by atoms with Crippen LogP contribution in [0.25, 0.3) is 26.6 Å².